The Morgan fingerprint density at radius 2 is 0.522 bits per heavy atom. The first kappa shape index (κ1) is 134. The molecule has 0 saturated heterocycles. The fraction of sp³-hybridized carbons (Fsp3) is 0. The van der Waals surface area contributed by atoms with Gasteiger partial charge < -0.3 is 67.7 Å². The van der Waals surface area contributed by atoms with Crippen LogP contribution in [-0.2, 0) is 122 Å². The molecular formula is H19Mn6O15P2-. The summed E-state index contributed by atoms with van der Waals surface area (Å²) in [6.45, 7) is 0. The van der Waals surface area contributed by atoms with Gasteiger partial charge in [0, 0.05) is 102 Å². The van der Waals surface area contributed by atoms with Crippen molar-refractivity contribution >= 4 is 15.6 Å². The van der Waals surface area contributed by atoms with Gasteiger partial charge in [0.15, 0.2) is 0 Å². The maximum Gasteiger partial charge on any atom is 0.262 e. The van der Waals surface area contributed by atoms with E-state index in [1.807, 2.05) is 0 Å². The first-order valence-corrected chi connectivity index (χ1v) is 4.59. The summed E-state index contributed by atoms with van der Waals surface area (Å²) in [7, 11) is -9.78. The first-order valence-electron chi connectivity index (χ1n) is 1.53. The molecule has 0 aromatic rings. The Morgan fingerprint density at radius 3 is 0.522 bits per heavy atom. The topological polar surface area (TPSA) is 383 Å². The van der Waals surface area contributed by atoms with Crippen molar-refractivity contribution in [3.8, 4) is 0 Å². The van der Waals surface area contributed by atoms with Crippen molar-refractivity contribution in [3.05, 3.63) is 0 Å². The van der Waals surface area contributed by atoms with Crippen molar-refractivity contribution in [3.63, 3.8) is 0 Å². The fourth-order valence-electron chi connectivity index (χ4n) is 0. The molecule has 0 aromatic heterocycles. The van der Waals surface area contributed by atoms with Crippen LogP contribution in [0, 0.1) is 0 Å². The third-order valence-electron chi connectivity index (χ3n) is 0. The molecule has 162 valence electrons. The second-order valence-corrected chi connectivity index (χ2v) is 2.94. The van der Waals surface area contributed by atoms with Gasteiger partial charge in [0.1, 0.15) is 0 Å². The predicted molar refractivity (Wildman–Crippen MR) is 50.2 cm³/mol. The molecular weight excluding hydrogens is 632 g/mol. The largest absolute Gasteiger partial charge is 0.870 e. The van der Waals surface area contributed by atoms with E-state index in [0.717, 1.165) is 0 Å². The molecule has 0 unspecified atom stereocenters. The molecule has 23 heavy (non-hydrogen) atoms. The summed E-state index contributed by atoms with van der Waals surface area (Å²) in [5.41, 5.74) is 0. The summed E-state index contributed by atoms with van der Waals surface area (Å²) in [6, 6.07) is 0. The standard InChI is InChI=1S/6Mn.2H3O4P.7H2O/c;;;;;;2*1-5(2,3)4;;;;;;;/h;;;;;;2*(H3,1,2,3,4);7*1H2/p-1. The van der Waals surface area contributed by atoms with E-state index in [4.69, 9.17) is 38.5 Å². The molecule has 0 spiro atoms. The van der Waals surface area contributed by atoms with Crippen LogP contribution in [0.5, 0.6) is 0 Å². The third-order valence-corrected chi connectivity index (χ3v) is 0. The van der Waals surface area contributed by atoms with Gasteiger partial charge in [-0.2, -0.15) is 0 Å². The van der Waals surface area contributed by atoms with Crippen LogP contribution in [0.4, 0.5) is 0 Å². The van der Waals surface area contributed by atoms with Crippen molar-refractivity contribution in [2.75, 3.05) is 0 Å². The Bertz CT molecular complexity index is 140. The maximum absolute atomic E-state index is 8.77. The van der Waals surface area contributed by atoms with Gasteiger partial charge in [-0.1, -0.05) is 0 Å². The van der Waals surface area contributed by atoms with E-state index >= 15 is 0 Å². The minimum Gasteiger partial charge on any atom is -0.870 e. The Labute approximate surface area is 193 Å². The minimum absolute atomic E-state index is 0. The SMILES string of the molecule is O.O.O.O.O=P([O-])(O)O.O=P([O-])(O)O.[Mn].[Mn].[Mn].[Mn].[Mn].[Mn].[OH-].[OH3+].[OH3+]. The van der Waals surface area contributed by atoms with Crippen LogP contribution in [0.15, 0.2) is 0 Å². The summed E-state index contributed by atoms with van der Waals surface area (Å²) in [5.74, 6) is 0. The van der Waals surface area contributed by atoms with Gasteiger partial charge in [0.05, 0.1) is 0 Å². The number of hydrogen-bond donors (Lipinski definition) is 4. The number of hydrogen-bond acceptors (Lipinski definition) is 5. The molecule has 23 heteroatoms. The zero-order chi connectivity index (χ0) is 9.00. The molecule has 0 bridgehead atoms. The third kappa shape index (κ3) is 1430. The second kappa shape index (κ2) is 64.0. The smallest absolute Gasteiger partial charge is 0.262 e. The molecule has 6 radical (unpaired) electrons. The van der Waals surface area contributed by atoms with Gasteiger partial charge in [-0.05, 0) is 0 Å². The Balaban J connectivity index is -0.00000000274. The normalized spacial score (nSPS) is 5.13. The number of phosphoric acid groups is 2. The molecule has 0 atom stereocenters. The van der Waals surface area contributed by atoms with Gasteiger partial charge in [-0.3, -0.25) is 9.13 Å². The second-order valence-electron chi connectivity index (χ2n) is 0.981. The van der Waals surface area contributed by atoms with Crippen molar-refractivity contribution < 1.29 is 179 Å². The summed E-state index contributed by atoms with van der Waals surface area (Å²) in [4.78, 5) is 45.8. The molecule has 0 rings (SSSR count). The number of rotatable bonds is 0. The monoisotopic (exact) mass is 651 g/mol. The fourth-order valence-corrected chi connectivity index (χ4v) is 0. The van der Waals surface area contributed by atoms with Gasteiger partial charge in [0.2, 0.25) is 0 Å². The zero-order valence-corrected chi connectivity index (χ0v) is 19.1. The molecule has 0 fully saturated rings. The average molecular weight is 651 g/mol. The van der Waals surface area contributed by atoms with Gasteiger partial charge in [-0.15, -0.1) is 0 Å². The molecule has 0 heterocycles. The van der Waals surface area contributed by atoms with Crippen LogP contribution in [0.1, 0.15) is 0 Å². The molecule has 0 aliphatic carbocycles. The summed E-state index contributed by atoms with van der Waals surface area (Å²) in [5, 5.41) is 0. The van der Waals surface area contributed by atoms with Crippen LogP contribution >= 0.6 is 15.6 Å². The van der Waals surface area contributed by atoms with Crippen LogP contribution in [0.25, 0.3) is 0 Å². The van der Waals surface area contributed by atoms with Crippen LogP contribution < -0.4 is 9.79 Å². The minimum atomic E-state index is -4.89. The van der Waals surface area contributed by atoms with Crippen LogP contribution in [0.2, 0.25) is 0 Å². The molecule has 0 amide bonds. The zero-order valence-electron chi connectivity index (χ0n) is 10.2. The predicted octanol–water partition coefficient (Wildman–Crippen LogP) is -8.46. The molecule has 0 aliphatic rings. The molecule has 0 saturated carbocycles. The average Bonchev–Trinajstić information content (AvgIpc) is 1.12. The van der Waals surface area contributed by atoms with Crippen molar-refractivity contribution in [1.29, 1.82) is 0 Å². The van der Waals surface area contributed by atoms with Crippen LogP contribution in [-0.4, -0.2) is 47.0 Å². The van der Waals surface area contributed by atoms with E-state index in [9.17, 15) is 0 Å². The van der Waals surface area contributed by atoms with Gasteiger partial charge >= 0.3 is 0 Å². The Morgan fingerprint density at radius 1 is 0.522 bits per heavy atom. The van der Waals surface area contributed by atoms with E-state index in [0.29, 0.717) is 0 Å². The van der Waals surface area contributed by atoms with Gasteiger partial charge in [0.25, 0.3) is 15.6 Å². The van der Waals surface area contributed by atoms with Crippen molar-refractivity contribution in [2.45, 2.75) is 0 Å². The summed E-state index contributed by atoms with van der Waals surface area (Å²) >= 11 is 0. The van der Waals surface area contributed by atoms with Gasteiger partial charge in [-0.25, -0.2) is 0 Å². The van der Waals surface area contributed by atoms with E-state index < -0.39 is 15.6 Å². The molecule has 0 aromatic carbocycles. The Kier molecular flexibility index (Phi) is 372. The van der Waals surface area contributed by atoms with E-state index in [-0.39, 0.29) is 141 Å². The van der Waals surface area contributed by atoms with Crippen molar-refractivity contribution in [1.82, 2.24) is 0 Å². The van der Waals surface area contributed by atoms with E-state index in [2.05, 4.69) is 0 Å². The molecule has 19 N–H and O–H groups in total. The maximum atomic E-state index is 8.77. The van der Waals surface area contributed by atoms with Crippen LogP contribution in [0.3, 0.4) is 0 Å². The Hall–Kier alpha value is 3.06. The molecule has 15 nitrogen and oxygen atoms in total. The first-order chi connectivity index (χ1) is 4.00. The van der Waals surface area contributed by atoms with E-state index in [1.54, 1.807) is 0 Å². The van der Waals surface area contributed by atoms with Crippen molar-refractivity contribution in [2.24, 2.45) is 0 Å². The summed E-state index contributed by atoms with van der Waals surface area (Å²) in [6.07, 6.45) is 0. The van der Waals surface area contributed by atoms with E-state index in [1.165, 1.54) is 0 Å². The quantitative estimate of drug-likeness (QED) is 0.110. The molecule has 0 aliphatic heterocycles. The summed E-state index contributed by atoms with van der Waals surface area (Å²) < 4.78 is 17.5.